The molecule has 0 aliphatic carbocycles. The molecule has 2 aromatic rings. The number of aromatic nitrogens is 1. The quantitative estimate of drug-likeness (QED) is 0.883. The highest BCUT2D eigenvalue weighted by Gasteiger charge is 2.11. The molecule has 0 aromatic carbocycles. The fourth-order valence-electron chi connectivity index (χ4n) is 1.87. The summed E-state index contributed by atoms with van der Waals surface area (Å²) in [7, 11) is 0. The Balaban J connectivity index is 2.17. The molecule has 2 heterocycles. The van der Waals surface area contributed by atoms with Crippen LogP contribution in [0.1, 0.15) is 28.4 Å². The lowest BCUT2D eigenvalue weighted by molar-refractivity contribution is 0.691. The summed E-state index contributed by atoms with van der Waals surface area (Å²) in [6.45, 7) is 4.12. The SMILES string of the molecule is Cc1cnc(C(N)Cc2ccsc2)c(C)c1. The van der Waals surface area contributed by atoms with Gasteiger partial charge < -0.3 is 5.73 Å². The molecule has 0 saturated carbocycles. The zero-order chi connectivity index (χ0) is 11.5. The molecule has 0 aliphatic rings. The van der Waals surface area contributed by atoms with Crippen molar-refractivity contribution in [3.05, 3.63) is 51.5 Å². The molecule has 0 saturated heterocycles. The van der Waals surface area contributed by atoms with E-state index >= 15 is 0 Å². The first-order valence-electron chi connectivity index (χ1n) is 5.36. The fourth-order valence-corrected chi connectivity index (χ4v) is 2.55. The molecule has 0 fully saturated rings. The molecule has 2 rings (SSSR count). The minimum atomic E-state index is -0.00444. The maximum Gasteiger partial charge on any atom is 0.0603 e. The zero-order valence-corrected chi connectivity index (χ0v) is 10.4. The van der Waals surface area contributed by atoms with Crippen molar-refractivity contribution in [1.29, 1.82) is 0 Å². The van der Waals surface area contributed by atoms with Crippen LogP contribution in [0.5, 0.6) is 0 Å². The molecule has 1 atom stereocenters. The average molecular weight is 232 g/mol. The monoisotopic (exact) mass is 232 g/mol. The van der Waals surface area contributed by atoms with Gasteiger partial charge in [-0.25, -0.2) is 0 Å². The lowest BCUT2D eigenvalue weighted by atomic mass is 10.0. The Labute approximate surface area is 100 Å². The predicted molar refractivity (Wildman–Crippen MR) is 68.7 cm³/mol. The molecule has 0 aliphatic heterocycles. The largest absolute Gasteiger partial charge is 0.322 e. The Morgan fingerprint density at radius 2 is 2.25 bits per heavy atom. The van der Waals surface area contributed by atoms with E-state index in [-0.39, 0.29) is 6.04 Å². The van der Waals surface area contributed by atoms with E-state index in [1.807, 2.05) is 13.1 Å². The Morgan fingerprint density at radius 1 is 1.44 bits per heavy atom. The highest BCUT2D eigenvalue weighted by atomic mass is 32.1. The van der Waals surface area contributed by atoms with Crippen molar-refractivity contribution in [2.75, 3.05) is 0 Å². The second kappa shape index (κ2) is 4.76. The van der Waals surface area contributed by atoms with Gasteiger partial charge in [0.2, 0.25) is 0 Å². The summed E-state index contributed by atoms with van der Waals surface area (Å²) >= 11 is 1.71. The van der Waals surface area contributed by atoms with Gasteiger partial charge in [0, 0.05) is 6.20 Å². The topological polar surface area (TPSA) is 38.9 Å². The molecule has 16 heavy (non-hydrogen) atoms. The Hall–Kier alpha value is -1.19. The number of aryl methyl sites for hydroxylation is 2. The summed E-state index contributed by atoms with van der Waals surface area (Å²) in [6, 6.07) is 4.25. The van der Waals surface area contributed by atoms with Crippen LogP contribution in [0, 0.1) is 13.8 Å². The number of nitrogens with zero attached hydrogens (tertiary/aromatic N) is 1. The second-order valence-electron chi connectivity index (χ2n) is 4.16. The highest BCUT2D eigenvalue weighted by molar-refractivity contribution is 7.07. The van der Waals surface area contributed by atoms with Crippen LogP contribution in [-0.2, 0) is 6.42 Å². The van der Waals surface area contributed by atoms with E-state index in [9.17, 15) is 0 Å². The number of hydrogen-bond donors (Lipinski definition) is 1. The molecule has 3 heteroatoms. The van der Waals surface area contributed by atoms with Gasteiger partial charge in [-0.2, -0.15) is 11.3 Å². The molecule has 0 spiro atoms. The smallest absolute Gasteiger partial charge is 0.0603 e. The third kappa shape index (κ3) is 2.49. The first-order valence-corrected chi connectivity index (χ1v) is 6.31. The maximum absolute atomic E-state index is 6.18. The number of rotatable bonds is 3. The van der Waals surface area contributed by atoms with Crippen molar-refractivity contribution in [1.82, 2.24) is 4.98 Å². The first-order chi connectivity index (χ1) is 7.66. The summed E-state index contributed by atoms with van der Waals surface area (Å²) < 4.78 is 0. The molecular formula is C13H16N2S. The standard InChI is InChI=1S/C13H16N2S/c1-9-5-10(2)13(15-7-9)12(14)6-11-3-4-16-8-11/h3-5,7-8,12H,6,14H2,1-2H3. The molecule has 0 bridgehead atoms. The van der Waals surface area contributed by atoms with Crippen LogP contribution in [0.3, 0.4) is 0 Å². The van der Waals surface area contributed by atoms with Crippen LogP contribution in [0.4, 0.5) is 0 Å². The van der Waals surface area contributed by atoms with Gasteiger partial charge in [-0.1, -0.05) is 6.07 Å². The van der Waals surface area contributed by atoms with Gasteiger partial charge in [-0.05, 0) is 53.8 Å². The molecule has 2 N–H and O–H groups in total. The van der Waals surface area contributed by atoms with Gasteiger partial charge in [0.15, 0.2) is 0 Å². The molecule has 1 unspecified atom stereocenters. The number of hydrogen-bond acceptors (Lipinski definition) is 3. The lowest BCUT2D eigenvalue weighted by Gasteiger charge is -2.13. The summed E-state index contributed by atoms with van der Waals surface area (Å²) in [5.41, 5.74) is 10.8. The number of thiophene rings is 1. The summed E-state index contributed by atoms with van der Waals surface area (Å²) in [6.07, 6.45) is 2.75. The van der Waals surface area contributed by atoms with Crippen LogP contribution in [0.15, 0.2) is 29.1 Å². The first kappa shape index (κ1) is 11.3. The van der Waals surface area contributed by atoms with E-state index in [1.54, 1.807) is 11.3 Å². The van der Waals surface area contributed by atoms with Crippen LogP contribution in [-0.4, -0.2) is 4.98 Å². The summed E-state index contributed by atoms with van der Waals surface area (Å²) in [5, 5.41) is 4.22. The Bertz CT molecular complexity index is 463. The van der Waals surface area contributed by atoms with E-state index in [0.29, 0.717) is 0 Å². The third-order valence-corrected chi connectivity index (χ3v) is 3.37. The van der Waals surface area contributed by atoms with Crippen LogP contribution < -0.4 is 5.73 Å². The lowest BCUT2D eigenvalue weighted by Crippen LogP contribution is -2.16. The zero-order valence-electron chi connectivity index (χ0n) is 9.60. The van der Waals surface area contributed by atoms with Crippen molar-refractivity contribution in [2.45, 2.75) is 26.3 Å². The molecule has 0 radical (unpaired) electrons. The molecule has 0 amide bonds. The van der Waals surface area contributed by atoms with Crippen LogP contribution >= 0.6 is 11.3 Å². The summed E-state index contributed by atoms with van der Waals surface area (Å²) in [5.74, 6) is 0. The molecular weight excluding hydrogens is 216 g/mol. The van der Waals surface area contributed by atoms with Crippen molar-refractivity contribution in [2.24, 2.45) is 5.73 Å². The van der Waals surface area contributed by atoms with Crippen molar-refractivity contribution < 1.29 is 0 Å². The van der Waals surface area contributed by atoms with Gasteiger partial charge in [0.1, 0.15) is 0 Å². The molecule has 2 aromatic heterocycles. The Kier molecular flexibility index (Phi) is 3.36. The van der Waals surface area contributed by atoms with Crippen molar-refractivity contribution >= 4 is 11.3 Å². The van der Waals surface area contributed by atoms with E-state index < -0.39 is 0 Å². The third-order valence-electron chi connectivity index (χ3n) is 2.64. The van der Waals surface area contributed by atoms with Crippen molar-refractivity contribution in [3.63, 3.8) is 0 Å². The number of nitrogens with two attached hydrogens (primary N) is 1. The van der Waals surface area contributed by atoms with Crippen LogP contribution in [0.25, 0.3) is 0 Å². The Morgan fingerprint density at radius 3 is 2.88 bits per heavy atom. The number of pyridine rings is 1. The average Bonchev–Trinajstić information content (AvgIpc) is 2.70. The van der Waals surface area contributed by atoms with Crippen LogP contribution in [0.2, 0.25) is 0 Å². The van der Waals surface area contributed by atoms with Crippen molar-refractivity contribution in [3.8, 4) is 0 Å². The van der Waals surface area contributed by atoms with Gasteiger partial charge >= 0.3 is 0 Å². The fraction of sp³-hybridized carbons (Fsp3) is 0.308. The van der Waals surface area contributed by atoms with Gasteiger partial charge in [0.25, 0.3) is 0 Å². The minimum absolute atomic E-state index is 0.00444. The molecule has 2 nitrogen and oxygen atoms in total. The summed E-state index contributed by atoms with van der Waals surface area (Å²) in [4.78, 5) is 4.44. The van der Waals surface area contributed by atoms with Gasteiger partial charge in [-0.15, -0.1) is 0 Å². The van der Waals surface area contributed by atoms with E-state index in [4.69, 9.17) is 5.73 Å². The second-order valence-corrected chi connectivity index (χ2v) is 4.94. The van der Waals surface area contributed by atoms with E-state index in [0.717, 1.165) is 12.1 Å². The molecule has 84 valence electrons. The van der Waals surface area contributed by atoms with E-state index in [2.05, 4.69) is 34.8 Å². The van der Waals surface area contributed by atoms with Gasteiger partial charge in [-0.3, -0.25) is 4.98 Å². The van der Waals surface area contributed by atoms with E-state index in [1.165, 1.54) is 16.7 Å². The normalized spacial score (nSPS) is 12.7. The predicted octanol–water partition coefficient (Wildman–Crippen LogP) is 3.00. The maximum atomic E-state index is 6.18. The minimum Gasteiger partial charge on any atom is -0.322 e. The van der Waals surface area contributed by atoms with Gasteiger partial charge in [0.05, 0.1) is 11.7 Å². The highest BCUT2D eigenvalue weighted by Crippen LogP contribution is 2.19.